The number of hydrogen-bond donors (Lipinski definition) is 1. The lowest BCUT2D eigenvalue weighted by atomic mass is 9.91. The number of nitrogens with zero attached hydrogens (tertiary/aromatic N) is 2. The van der Waals surface area contributed by atoms with Gasteiger partial charge in [0.25, 0.3) is 0 Å². The van der Waals surface area contributed by atoms with Crippen LogP contribution >= 0.6 is 0 Å². The zero-order valence-electron chi connectivity index (χ0n) is 14.6. The van der Waals surface area contributed by atoms with E-state index in [-0.39, 0.29) is 23.6 Å². The van der Waals surface area contributed by atoms with Crippen molar-refractivity contribution >= 4 is 28.8 Å². The van der Waals surface area contributed by atoms with E-state index < -0.39 is 0 Å². The fourth-order valence-corrected chi connectivity index (χ4v) is 3.19. The number of halogens is 1. The van der Waals surface area contributed by atoms with Crippen LogP contribution in [0.1, 0.15) is 37.7 Å². The number of carbonyl (C=O) groups excluding carboxylic acids is 1. The van der Waals surface area contributed by atoms with E-state index in [1.165, 1.54) is 12.1 Å². The number of fused-ring (bicyclic) bond motifs is 1. The Balaban J connectivity index is 1.83. The molecule has 2 aromatic rings. The van der Waals surface area contributed by atoms with Crippen molar-refractivity contribution in [3.63, 3.8) is 0 Å². The first-order valence-corrected chi connectivity index (χ1v) is 8.97. The van der Waals surface area contributed by atoms with Crippen molar-refractivity contribution in [3.05, 3.63) is 59.9 Å². The van der Waals surface area contributed by atoms with E-state index >= 15 is 0 Å². The highest BCUT2D eigenvalue weighted by Crippen LogP contribution is 2.36. The number of para-hydroxylation sites is 2. The minimum Gasteiger partial charge on any atom is -0.313 e. The molecule has 1 aliphatic carbocycles. The molecule has 1 fully saturated rings. The number of carbonyl (C=O) groups is 1. The van der Waals surface area contributed by atoms with E-state index in [1.807, 2.05) is 31.2 Å². The summed E-state index contributed by atoms with van der Waals surface area (Å²) in [6, 6.07) is 14.0. The van der Waals surface area contributed by atoms with Crippen LogP contribution < -0.4 is 5.32 Å². The van der Waals surface area contributed by atoms with Crippen LogP contribution in [-0.4, -0.2) is 17.5 Å². The second-order valence-corrected chi connectivity index (χ2v) is 6.69. The molecule has 0 bridgehead atoms. The zero-order valence-corrected chi connectivity index (χ0v) is 14.6. The van der Waals surface area contributed by atoms with Crippen LogP contribution in [0.15, 0.2) is 58.5 Å². The highest BCUT2D eigenvalue weighted by Gasteiger charge is 2.34. The number of amidine groups is 1. The van der Waals surface area contributed by atoms with Gasteiger partial charge in [-0.1, -0.05) is 31.2 Å². The first-order valence-electron chi connectivity index (χ1n) is 8.97. The second kappa shape index (κ2) is 6.83. The standard InChI is InChI=1S/C21H20FN3O/c1-2-16-19(13-9-11-15(22)12-10-13)20(25-21(26)14-7-8-14)24-18-6-4-3-5-17(18)23-16/h3-6,9-12,14,19H,2,7-8H2,1H3,(H,24,25,26)/t19-/m1/s1. The summed E-state index contributed by atoms with van der Waals surface area (Å²) < 4.78 is 13.4. The number of aliphatic imine (C=N–C) groups is 2. The van der Waals surface area contributed by atoms with Gasteiger partial charge in [-0.15, -0.1) is 0 Å². The van der Waals surface area contributed by atoms with Gasteiger partial charge in [0.2, 0.25) is 5.91 Å². The van der Waals surface area contributed by atoms with Crippen molar-refractivity contribution in [3.8, 4) is 0 Å². The molecule has 4 rings (SSSR count). The molecule has 1 N–H and O–H groups in total. The van der Waals surface area contributed by atoms with Gasteiger partial charge in [0.05, 0.1) is 17.3 Å². The van der Waals surface area contributed by atoms with Crippen molar-refractivity contribution in [2.75, 3.05) is 0 Å². The number of rotatable bonds is 3. The van der Waals surface area contributed by atoms with Gasteiger partial charge >= 0.3 is 0 Å². The van der Waals surface area contributed by atoms with Gasteiger partial charge in [0, 0.05) is 11.6 Å². The SMILES string of the molecule is CCC1=Nc2ccccc2N=C(NC(=O)C2CC2)[C@@H]1c1ccc(F)cc1. The Morgan fingerprint density at radius 2 is 1.73 bits per heavy atom. The largest absolute Gasteiger partial charge is 0.313 e. The third-order valence-corrected chi connectivity index (χ3v) is 4.76. The molecule has 0 saturated heterocycles. The minimum atomic E-state index is -0.296. The van der Waals surface area contributed by atoms with Gasteiger partial charge in [-0.3, -0.25) is 9.79 Å². The predicted molar refractivity (Wildman–Crippen MR) is 101 cm³/mol. The molecule has 0 unspecified atom stereocenters. The third-order valence-electron chi connectivity index (χ3n) is 4.76. The molecule has 1 aliphatic heterocycles. The Kier molecular flexibility index (Phi) is 4.37. The summed E-state index contributed by atoms with van der Waals surface area (Å²) in [7, 11) is 0. The third kappa shape index (κ3) is 3.29. The summed E-state index contributed by atoms with van der Waals surface area (Å²) in [5, 5.41) is 3.03. The molecule has 1 amide bonds. The van der Waals surface area contributed by atoms with Gasteiger partial charge in [-0.2, -0.15) is 0 Å². The molecule has 4 nitrogen and oxygen atoms in total. The van der Waals surface area contributed by atoms with Crippen LogP contribution in [0.25, 0.3) is 0 Å². The number of benzene rings is 2. The molecule has 5 heteroatoms. The van der Waals surface area contributed by atoms with E-state index in [2.05, 4.69) is 5.32 Å². The molecule has 0 radical (unpaired) electrons. The molecule has 0 spiro atoms. The Bertz CT molecular complexity index is 898. The van der Waals surface area contributed by atoms with Gasteiger partial charge in [0.15, 0.2) is 0 Å². The lowest BCUT2D eigenvalue weighted by molar-refractivity contribution is -0.120. The highest BCUT2D eigenvalue weighted by atomic mass is 19.1. The van der Waals surface area contributed by atoms with Crippen molar-refractivity contribution in [2.24, 2.45) is 15.9 Å². The summed E-state index contributed by atoms with van der Waals surface area (Å²) >= 11 is 0. The summed E-state index contributed by atoms with van der Waals surface area (Å²) in [6.07, 6.45) is 2.55. The maximum atomic E-state index is 13.4. The minimum absolute atomic E-state index is 0.00527. The van der Waals surface area contributed by atoms with Crippen LogP contribution in [0.3, 0.4) is 0 Å². The predicted octanol–water partition coefficient (Wildman–Crippen LogP) is 4.66. The van der Waals surface area contributed by atoms with Gasteiger partial charge in [-0.05, 0) is 49.1 Å². The molecule has 1 saturated carbocycles. The fraction of sp³-hybridized carbons (Fsp3) is 0.286. The van der Waals surface area contributed by atoms with Gasteiger partial charge in [-0.25, -0.2) is 9.38 Å². The average Bonchev–Trinajstić information content (AvgIpc) is 3.49. The topological polar surface area (TPSA) is 53.8 Å². The molecule has 1 heterocycles. The van der Waals surface area contributed by atoms with Crippen molar-refractivity contribution < 1.29 is 9.18 Å². The van der Waals surface area contributed by atoms with E-state index in [0.29, 0.717) is 12.3 Å². The normalized spacial score (nSPS) is 19.1. The molecular formula is C21H20FN3O. The van der Waals surface area contributed by atoms with Crippen molar-refractivity contribution in [1.82, 2.24) is 5.32 Å². The van der Waals surface area contributed by atoms with Crippen LogP contribution in [0.4, 0.5) is 15.8 Å². The summed E-state index contributed by atoms with van der Waals surface area (Å²) in [4.78, 5) is 22.0. The van der Waals surface area contributed by atoms with E-state index in [9.17, 15) is 9.18 Å². The lowest BCUT2D eigenvalue weighted by Crippen LogP contribution is -2.38. The Morgan fingerprint density at radius 1 is 1.08 bits per heavy atom. The molecule has 0 aromatic heterocycles. The quantitative estimate of drug-likeness (QED) is 0.861. The molecular weight excluding hydrogens is 329 g/mol. The number of amides is 1. The van der Waals surface area contributed by atoms with Crippen LogP contribution in [0.2, 0.25) is 0 Å². The number of hydrogen-bond acceptors (Lipinski definition) is 3. The molecule has 132 valence electrons. The summed E-state index contributed by atoms with van der Waals surface area (Å²) in [6.45, 7) is 2.03. The summed E-state index contributed by atoms with van der Waals surface area (Å²) in [5.74, 6) is 0.0636. The monoisotopic (exact) mass is 349 g/mol. The van der Waals surface area contributed by atoms with Crippen LogP contribution in [0, 0.1) is 11.7 Å². The van der Waals surface area contributed by atoms with Crippen molar-refractivity contribution in [2.45, 2.75) is 32.1 Å². The van der Waals surface area contributed by atoms with Gasteiger partial charge < -0.3 is 5.32 Å². The zero-order chi connectivity index (χ0) is 18.1. The Morgan fingerprint density at radius 3 is 2.35 bits per heavy atom. The first-order chi connectivity index (χ1) is 12.7. The average molecular weight is 349 g/mol. The molecule has 2 aromatic carbocycles. The Hall–Kier alpha value is -2.82. The van der Waals surface area contributed by atoms with Crippen molar-refractivity contribution in [1.29, 1.82) is 0 Å². The first kappa shape index (κ1) is 16.6. The van der Waals surface area contributed by atoms with Gasteiger partial charge in [0.1, 0.15) is 11.7 Å². The van der Waals surface area contributed by atoms with E-state index in [1.54, 1.807) is 12.1 Å². The fourth-order valence-electron chi connectivity index (χ4n) is 3.19. The molecule has 26 heavy (non-hydrogen) atoms. The maximum absolute atomic E-state index is 13.4. The van der Waals surface area contributed by atoms with E-state index in [4.69, 9.17) is 9.98 Å². The summed E-state index contributed by atoms with van der Waals surface area (Å²) in [5.41, 5.74) is 3.28. The van der Waals surface area contributed by atoms with Crippen LogP contribution in [0.5, 0.6) is 0 Å². The maximum Gasteiger partial charge on any atom is 0.228 e. The van der Waals surface area contributed by atoms with E-state index in [0.717, 1.165) is 35.5 Å². The van der Waals surface area contributed by atoms with Crippen LogP contribution in [-0.2, 0) is 4.79 Å². The second-order valence-electron chi connectivity index (χ2n) is 6.69. The number of nitrogens with one attached hydrogen (secondary N) is 1. The smallest absolute Gasteiger partial charge is 0.228 e. The molecule has 2 aliphatic rings. The highest BCUT2D eigenvalue weighted by molar-refractivity contribution is 6.18. The molecule has 1 atom stereocenters. The Labute approximate surface area is 151 Å². The lowest BCUT2D eigenvalue weighted by Gasteiger charge is -2.20.